The normalized spacial score (nSPS) is 21.0. The minimum atomic E-state index is -0.563. The summed E-state index contributed by atoms with van der Waals surface area (Å²) < 4.78 is 13.2. The van der Waals surface area contributed by atoms with Gasteiger partial charge in [-0.05, 0) is 39.9 Å². The van der Waals surface area contributed by atoms with Crippen LogP contribution >= 0.6 is 11.8 Å². The number of H-pyrrole nitrogens is 1. The van der Waals surface area contributed by atoms with Crippen molar-refractivity contribution in [1.82, 2.24) is 20.5 Å². The Bertz CT molecular complexity index is 1380. The Labute approximate surface area is 232 Å². The Hall–Kier alpha value is -3.50. The third-order valence-electron chi connectivity index (χ3n) is 6.86. The Balaban J connectivity index is 1.41. The lowest BCUT2D eigenvalue weighted by molar-refractivity contribution is -0.268. The molecule has 5 rings (SSSR count). The first-order chi connectivity index (χ1) is 19.0. The SMILES string of the molecule is CC(=O)NCc1cccc(-c2cccc([C@H]3O[C@@H](CSc4ncn[nH]4)[C@@H](C)[C@@H](c4ccc(CO)cc4)O3)c2)c1. The second-order valence-corrected chi connectivity index (χ2v) is 10.7. The molecule has 4 atom stereocenters. The van der Waals surface area contributed by atoms with Gasteiger partial charge in [0.1, 0.15) is 6.33 Å². The number of rotatable bonds is 9. The van der Waals surface area contributed by atoms with Gasteiger partial charge in [-0.1, -0.05) is 79.3 Å². The number of nitrogens with zero attached hydrogens (tertiary/aromatic N) is 2. The molecule has 0 aliphatic carbocycles. The summed E-state index contributed by atoms with van der Waals surface area (Å²) in [7, 11) is 0. The van der Waals surface area contributed by atoms with Crippen molar-refractivity contribution in [2.45, 2.75) is 50.7 Å². The summed E-state index contributed by atoms with van der Waals surface area (Å²) in [6.07, 6.45) is 0.640. The van der Waals surface area contributed by atoms with Crippen molar-refractivity contribution in [3.05, 3.63) is 101 Å². The minimum Gasteiger partial charge on any atom is -0.392 e. The average molecular weight is 545 g/mol. The molecule has 9 heteroatoms. The zero-order valence-electron chi connectivity index (χ0n) is 21.9. The molecule has 0 unspecified atom stereocenters. The number of aliphatic hydroxyl groups is 1. The smallest absolute Gasteiger partial charge is 0.217 e. The van der Waals surface area contributed by atoms with E-state index in [2.05, 4.69) is 51.7 Å². The number of carbonyl (C=O) groups excluding carboxylic acids is 1. The lowest BCUT2D eigenvalue weighted by atomic mass is 9.91. The highest BCUT2D eigenvalue weighted by Gasteiger charge is 2.38. The molecule has 202 valence electrons. The topological polar surface area (TPSA) is 109 Å². The van der Waals surface area contributed by atoms with Gasteiger partial charge in [-0.3, -0.25) is 9.89 Å². The number of aromatic nitrogens is 3. The minimum absolute atomic E-state index is 0.00233. The van der Waals surface area contributed by atoms with Crippen LogP contribution in [-0.4, -0.2) is 38.1 Å². The van der Waals surface area contributed by atoms with Gasteiger partial charge in [-0.15, -0.1) is 0 Å². The molecule has 1 aromatic heterocycles. The molecule has 1 saturated heterocycles. The first-order valence-corrected chi connectivity index (χ1v) is 13.9. The lowest BCUT2D eigenvalue weighted by Crippen LogP contribution is -2.38. The molecule has 1 aliphatic heterocycles. The van der Waals surface area contributed by atoms with E-state index in [0.717, 1.165) is 38.5 Å². The van der Waals surface area contributed by atoms with Crippen molar-refractivity contribution in [3.63, 3.8) is 0 Å². The number of amides is 1. The van der Waals surface area contributed by atoms with Crippen molar-refractivity contribution in [3.8, 4) is 11.1 Å². The highest BCUT2D eigenvalue weighted by Crippen LogP contribution is 2.43. The number of benzene rings is 3. The van der Waals surface area contributed by atoms with Gasteiger partial charge in [0, 0.05) is 30.7 Å². The predicted octanol–water partition coefficient (Wildman–Crippen LogP) is 5.18. The summed E-state index contributed by atoms with van der Waals surface area (Å²) in [6.45, 7) is 4.15. The van der Waals surface area contributed by atoms with Crippen LogP contribution in [0.5, 0.6) is 0 Å². The molecule has 3 aromatic carbocycles. The Morgan fingerprint density at radius 3 is 2.49 bits per heavy atom. The summed E-state index contributed by atoms with van der Waals surface area (Å²) in [5.74, 6) is 0.705. The quantitative estimate of drug-likeness (QED) is 0.249. The van der Waals surface area contributed by atoms with E-state index in [9.17, 15) is 9.90 Å². The van der Waals surface area contributed by atoms with Crippen molar-refractivity contribution in [2.75, 3.05) is 5.75 Å². The maximum atomic E-state index is 11.4. The van der Waals surface area contributed by atoms with Crippen LogP contribution < -0.4 is 5.32 Å². The van der Waals surface area contributed by atoms with E-state index < -0.39 is 6.29 Å². The van der Waals surface area contributed by atoms with Crippen molar-refractivity contribution in [2.24, 2.45) is 5.92 Å². The third-order valence-corrected chi connectivity index (χ3v) is 7.83. The monoisotopic (exact) mass is 544 g/mol. The van der Waals surface area contributed by atoms with Gasteiger partial charge < -0.3 is 19.9 Å². The van der Waals surface area contributed by atoms with E-state index in [4.69, 9.17) is 9.47 Å². The fraction of sp³-hybridized carbons (Fsp3) is 0.300. The van der Waals surface area contributed by atoms with E-state index >= 15 is 0 Å². The molecule has 1 amide bonds. The van der Waals surface area contributed by atoms with Gasteiger partial charge in [0.15, 0.2) is 11.4 Å². The molecule has 4 aromatic rings. The molecule has 1 fully saturated rings. The van der Waals surface area contributed by atoms with E-state index in [1.807, 2.05) is 48.5 Å². The van der Waals surface area contributed by atoms with Crippen LogP contribution in [-0.2, 0) is 27.4 Å². The molecule has 0 bridgehead atoms. The number of hydrogen-bond donors (Lipinski definition) is 3. The Morgan fingerprint density at radius 1 is 1.00 bits per heavy atom. The first-order valence-electron chi connectivity index (χ1n) is 12.9. The van der Waals surface area contributed by atoms with Crippen LogP contribution in [0.25, 0.3) is 11.1 Å². The van der Waals surface area contributed by atoms with Crippen LogP contribution in [0.4, 0.5) is 0 Å². The van der Waals surface area contributed by atoms with Crippen LogP contribution in [0, 0.1) is 5.92 Å². The molecule has 0 radical (unpaired) electrons. The first kappa shape index (κ1) is 27.1. The summed E-state index contributed by atoms with van der Waals surface area (Å²) >= 11 is 1.57. The number of ether oxygens (including phenoxy) is 2. The summed E-state index contributed by atoms with van der Waals surface area (Å²) in [5.41, 5.74) is 5.96. The van der Waals surface area contributed by atoms with Gasteiger partial charge in [0.05, 0.1) is 18.8 Å². The Morgan fingerprint density at radius 2 is 1.77 bits per heavy atom. The van der Waals surface area contributed by atoms with E-state index in [1.165, 1.54) is 13.3 Å². The van der Waals surface area contributed by atoms with Gasteiger partial charge in [-0.25, -0.2) is 4.98 Å². The standard InChI is InChI=1S/C30H32N4O4S/c1-19-27(17-39-30-32-18-33-34-30)37-29(38-28(19)23-11-9-21(16-35)10-12-23)26-8-4-7-25(14-26)24-6-3-5-22(13-24)15-31-20(2)36/h3-14,18-19,27-29,35H,15-17H2,1-2H3,(H,31,36)(H,32,33,34)/t19-,27+,28+,29+/m1/s1. The number of aromatic amines is 1. The van der Waals surface area contributed by atoms with E-state index in [-0.39, 0.29) is 30.6 Å². The highest BCUT2D eigenvalue weighted by atomic mass is 32.2. The van der Waals surface area contributed by atoms with Gasteiger partial charge in [-0.2, -0.15) is 5.10 Å². The van der Waals surface area contributed by atoms with E-state index in [0.29, 0.717) is 12.3 Å². The fourth-order valence-electron chi connectivity index (χ4n) is 4.69. The largest absolute Gasteiger partial charge is 0.392 e. The molecular weight excluding hydrogens is 512 g/mol. The number of aliphatic hydroxyl groups excluding tert-OH is 1. The Kier molecular flexibility index (Phi) is 8.73. The van der Waals surface area contributed by atoms with E-state index in [1.54, 1.807) is 11.8 Å². The summed E-state index contributed by atoms with van der Waals surface area (Å²) in [6, 6.07) is 24.3. The van der Waals surface area contributed by atoms with Crippen LogP contribution in [0.1, 0.15) is 48.5 Å². The highest BCUT2D eigenvalue weighted by molar-refractivity contribution is 7.99. The third kappa shape index (κ3) is 6.75. The molecular formula is C30H32N4O4S. The molecule has 3 N–H and O–H groups in total. The maximum absolute atomic E-state index is 11.4. The molecule has 0 spiro atoms. The van der Waals surface area contributed by atoms with Gasteiger partial charge >= 0.3 is 0 Å². The van der Waals surface area contributed by atoms with Gasteiger partial charge in [0.2, 0.25) is 5.91 Å². The average Bonchev–Trinajstić information content (AvgIpc) is 3.50. The molecule has 2 heterocycles. The van der Waals surface area contributed by atoms with Crippen LogP contribution in [0.2, 0.25) is 0 Å². The second kappa shape index (κ2) is 12.6. The number of hydrogen-bond acceptors (Lipinski definition) is 7. The van der Waals surface area contributed by atoms with Crippen LogP contribution in [0.3, 0.4) is 0 Å². The number of nitrogens with one attached hydrogen (secondary N) is 2. The predicted molar refractivity (Wildman–Crippen MR) is 149 cm³/mol. The molecule has 1 aliphatic rings. The number of carbonyl (C=O) groups is 1. The van der Waals surface area contributed by atoms with Crippen molar-refractivity contribution >= 4 is 17.7 Å². The van der Waals surface area contributed by atoms with Crippen LogP contribution in [0.15, 0.2) is 84.3 Å². The zero-order valence-corrected chi connectivity index (χ0v) is 22.7. The maximum Gasteiger partial charge on any atom is 0.217 e. The lowest BCUT2D eigenvalue weighted by Gasteiger charge is -2.41. The second-order valence-electron chi connectivity index (χ2n) is 9.66. The molecule has 8 nitrogen and oxygen atoms in total. The summed E-state index contributed by atoms with van der Waals surface area (Å²) in [5, 5.41) is 19.9. The molecule has 0 saturated carbocycles. The fourth-order valence-corrected chi connectivity index (χ4v) is 5.63. The zero-order chi connectivity index (χ0) is 27.2. The van der Waals surface area contributed by atoms with Gasteiger partial charge in [0.25, 0.3) is 0 Å². The van der Waals surface area contributed by atoms with Crippen molar-refractivity contribution in [1.29, 1.82) is 0 Å². The number of thioether (sulfide) groups is 1. The summed E-state index contributed by atoms with van der Waals surface area (Å²) in [4.78, 5) is 15.6. The molecule has 39 heavy (non-hydrogen) atoms. The van der Waals surface area contributed by atoms with Crippen molar-refractivity contribution < 1.29 is 19.4 Å².